The molecule has 1 aromatic heterocycles. The van der Waals surface area contributed by atoms with Crippen LogP contribution in [-0.2, 0) is 6.42 Å². The van der Waals surface area contributed by atoms with E-state index >= 15 is 0 Å². The van der Waals surface area contributed by atoms with Gasteiger partial charge in [0.1, 0.15) is 5.75 Å². The second-order valence-electron chi connectivity index (χ2n) is 4.82. The minimum absolute atomic E-state index is 0.0269. The zero-order chi connectivity index (χ0) is 15.0. The second-order valence-corrected chi connectivity index (χ2v) is 4.82. The van der Waals surface area contributed by atoms with Gasteiger partial charge in [0.05, 0.1) is 34.5 Å². The third-order valence-electron chi connectivity index (χ3n) is 3.61. The fraction of sp³-hybridized carbons (Fsp3) is 0.200. The molecule has 21 heavy (non-hydrogen) atoms. The van der Waals surface area contributed by atoms with Crippen LogP contribution in [0.2, 0.25) is 0 Å². The van der Waals surface area contributed by atoms with Crippen LogP contribution in [0.25, 0.3) is 11.1 Å². The summed E-state index contributed by atoms with van der Waals surface area (Å²) in [6.45, 7) is 0.701. The van der Waals surface area contributed by atoms with Crippen molar-refractivity contribution in [3.8, 4) is 34.9 Å². The molecule has 0 fully saturated rings. The molecule has 0 aliphatic carbocycles. The average Bonchev–Trinajstić information content (AvgIpc) is 2.79. The normalized spacial score (nSPS) is 12.9. The standard InChI is InChI=1S/C15H12N4O2/c16-7-9-3-4-11(10(6-9)8-17)13-14(20)12-2-1-5-18-19(12)15(13)21/h3-4,6,18,20-21H,1-2,5H2. The number of aromatic nitrogens is 1. The fourth-order valence-electron chi connectivity index (χ4n) is 2.62. The number of aromatic hydroxyl groups is 2. The van der Waals surface area contributed by atoms with Gasteiger partial charge in [0, 0.05) is 12.1 Å². The zero-order valence-electron chi connectivity index (χ0n) is 11.1. The number of fused-ring (bicyclic) bond motifs is 1. The Hall–Kier alpha value is -3.12. The molecule has 0 atom stereocenters. The Morgan fingerprint density at radius 1 is 1.19 bits per heavy atom. The van der Waals surface area contributed by atoms with Crippen LogP contribution in [0, 0.1) is 22.7 Å². The van der Waals surface area contributed by atoms with Gasteiger partial charge >= 0.3 is 0 Å². The van der Waals surface area contributed by atoms with Gasteiger partial charge in [-0.1, -0.05) is 6.07 Å². The van der Waals surface area contributed by atoms with Crippen molar-refractivity contribution < 1.29 is 10.2 Å². The van der Waals surface area contributed by atoms with Crippen molar-refractivity contribution in [1.82, 2.24) is 4.68 Å². The summed E-state index contributed by atoms with van der Waals surface area (Å²) in [7, 11) is 0. The molecule has 104 valence electrons. The highest BCUT2D eigenvalue weighted by molar-refractivity contribution is 5.82. The minimum Gasteiger partial charge on any atom is -0.505 e. The molecule has 0 amide bonds. The molecule has 2 heterocycles. The van der Waals surface area contributed by atoms with E-state index in [0.29, 0.717) is 29.8 Å². The lowest BCUT2D eigenvalue weighted by Gasteiger charge is -2.17. The minimum atomic E-state index is -0.122. The highest BCUT2D eigenvalue weighted by atomic mass is 16.3. The summed E-state index contributed by atoms with van der Waals surface area (Å²) < 4.78 is 1.45. The summed E-state index contributed by atoms with van der Waals surface area (Å²) in [5.74, 6) is -0.149. The highest BCUT2D eigenvalue weighted by Crippen LogP contribution is 2.44. The molecule has 1 aromatic carbocycles. The van der Waals surface area contributed by atoms with E-state index in [2.05, 4.69) is 5.43 Å². The van der Waals surface area contributed by atoms with Crippen molar-refractivity contribution in [1.29, 1.82) is 10.5 Å². The first-order valence-electron chi connectivity index (χ1n) is 6.51. The van der Waals surface area contributed by atoms with Gasteiger partial charge in [-0.05, 0) is 25.0 Å². The summed E-state index contributed by atoms with van der Waals surface area (Å²) in [5.41, 5.74) is 4.82. The maximum Gasteiger partial charge on any atom is 0.222 e. The van der Waals surface area contributed by atoms with Crippen LogP contribution in [-0.4, -0.2) is 21.4 Å². The Morgan fingerprint density at radius 3 is 2.67 bits per heavy atom. The number of hydrogen-bond donors (Lipinski definition) is 3. The van der Waals surface area contributed by atoms with Crippen LogP contribution in [0.4, 0.5) is 0 Å². The second kappa shape index (κ2) is 4.77. The Labute approximate surface area is 121 Å². The van der Waals surface area contributed by atoms with Gasteiger partial charge in [-0.15, -0.1) is 0 Å². The van der Waals surface area contributed by atoms with E-state index in [1.807, 2.05) is 12.1 Å². The summed E-state index contributed by atoms with van der Waals surface area (Å²) in [5, 5.41) is 38.8. The molecule has 2 aromatic rings. The first-order valence-corrected chi connectivity index (χ1v) is 6.51. The fourth-order valence-corrected chi connectivity index (χ4v) is 2.62. The topological polar surface area (TPSA) is 105 Å². The average molecular weight is 280 g/mol. The molecule has 0 unspecified atom stereocenters. The van der Waals surface area contributed by atoms with Crippen LogP contribution in [0.15, 0.2) is 18.2 Å². The number of hydrogen-bond acceptors (Lipinski definition) is 5. The molecular weight excluding hydrogens is 268 g/mol. The van der Waals surface area contributed by atoms with Crippen LogP contribution >= 0.6 is 0 Å². The molecule has 3 rings (SSSR count). The first-order chi connectivity index (χ1) is 10.2. The van der Waals surface area contributed by atoms with Gasteiger partial charge in [-0.3, -0.25) is 0 Å². The number of nitriles is 2. The van der Waals surface area contributed by atoms with Crippen molar-refractivity contribution in [2.75, 3.05) is 12.0 Å². The number of rotatable bonds is 1. The summed E-state index contributed by atoms with van der Waals surface area (Å²) in [4.78, 5) is 0. The maximum atomic E-state index is 10.4. The molecular formula is C15H12N4O2. The van der Waals surface area contributed by atoms with Crippen LogP contribution in [0.5, 0.6) is 11.6 Å². The molecule has 0 saturated carbocycles. The predicted octanol–water partition coefficient (Wildman–Crippen LogP) is 1.80. The van der Waals surface area contributed by atoms with E-state index in [4.69, 9.17) is 5.26 Å². The number of nitrogens with one attached hydrogen (secondary N) is 1. The summed E-state index contributed by atoms with van der Waals surface area (Å²) in [6, 6.07) is 8.53. The third-order valence-corrected chi connectivity index (χ3v) is 3.61. The van der Waals surface area contributed by atoms with E-state index in [1.165, 1.54) is 10.7 Å². The summed E-state index contributed by atoms with van der Waals surface area (Å²) >= 11 is 0. The lowest BCUT2D eigenvalue weighted by molar-refractivity contribution is 0.423. The molecule has 0 bridgehead atoms. The van der Waals surface area contributed by atoms with Crippen LogP contribution < -0.4 is 5.43 Å². The molecule has 6 nitrogen and oxygen atoms in total. The van der Waals surface area contributed by atoms with Crippen molar-refractivity contribution in [2.24, 2.45) is 0 Å². The van der Waals surface area contributed by atoms with Crippen molar-refractivity contribution in [2.45, 2.75) is 12.8 Å². The molecule has 0 spiro atoms. The molecule has 0 saturated heterocycles. The Bertz CT molecular complexity index is 779. The van der Waals surface area contributed by atoms with Gasteiger partial charge in [0.2, 0.25) is 5.88 Å². The third kappa shape index (κ3) is 1.86. The van der Waals surface area contributed by atoms with Crippen molar-refractivity contribution in [3.05, 3.63) is 35.0 Å². The van der Waals surface area contributed by atoms with Gasteiger partial charge in [0.15, 0.2) is 0 Å². The molecule has 0 radical (unpaired) electrons. The van der Waals surface area contributed by atoms with Crippen molar-refractivity contribution >= 4 is 0 Å². The smallest absolute Gasteiger partial charge is 0.222 e. The SMILES string of the molecule is N#Cc1ccc(-c2c(O)c3n(c2O)NCCC3)c(C#N)c1. The Morgan fingerprint density at radius 2 is 2.00 bits per heavy atom. The zero-order valence-corrected chi connectivity index (χ0v) is 11.1. The van der Waals surface area contributed by atoms with E-state index in [0.717, 1.165) is 6.42 Å². The van der Waals surface area contributed by atoms with Crippen LogP contribution in [0.1, 0.15) is 23.2 Å². The van der Waals surface area contributed by atoms with Gasteiger partial charge in [-0.25, -0.2) is 4.68 Å². The maximum absolute atomic E-state index is 10.4. The molecule has 6 heteroatoms. The number of benzene rings is 1. The van der Waals surface area contributed by atoms with E-state index in [-0.39, 0.29) is 22.8 Å². The molecule has 1 aliphatic rings. The largest absolute Gasteiger partial charge is 0.505 e. The van der Waals surface area contributed by atoms with Gasteiger partial charge < -0.3 is 15.6 Å². The molecule has 3 N–H and O–H groups in total. The van der Waals surface area contributed by atoms with Gasteiger partial charge in [-0.2, -0.15) is 10.5 Å². The quantitative estimate of drug-likeness (QED) is 0.738. The van der Waals surface area contributed by atoms with Crippen molar-refractivity contribution in [3.63, 3.8) is 0 Å². The van der Waals surface area contributed by atoms with Gasteiger partial charge in [0.25, 0.3) is 0 Å². The predicted molar refractivity (Wildman–Crippen MR) is 75.2 cm³/mol. The lowest BCUT2D eigenvalue weighted by atomic mass is 9.99. The van der Waals surface area contributed by atoms with Crippen LogP contribution in [0.3, 0.4) is 0 Å². The molecule has 1 aliphatic heterocycles. The van der Waals surface area contributed by atoms with E-state index < -0.39 is 0 Å². The first kappa shape index (κ1) is 12.9. The lowest BCUT2D eigenvalue weighted by Crippen LogP contribution is -2.23. The highest BCUT2D eigenvalue weighted by Gasteiger charge is 2.26. The van der Waals surface area contributed by atoms with E-state index in [9.17, 15) is 15.5 Å². The Kier molecular flexibility index (Phi) is 2.93. The summed E-state index contributed by atoms with van der Waals surface area (Å²) in [6.07, 6.45) is 1.50. The monoisotopic (exact) mass is 280 g/mol. The Balaban J connectivity index is 2.25. The number of nitrogens with zero attached hydrogens (tertiary/aromatic N) is 3. The van der Waals surface area contributed by atoms with E-state index in [1.54, 1.807) is 12.1 Å².